The Morgan fingerprint density at radius 3 is 2.35 bits per heavy atom. The predicted octanol–water partition coefficient (Wildman–Crippen LogP) is 4.02. The third kappa shape index (κ3) is 5.57. The van der Waals surface area contributed by atoms with Gasteiger partial charge in [0.25, 0.3) is 5.91 Å². The number of halogens is 4. The third-order valence-corrected chi connectivity index (χ3v) is 6.88. The highest BCUT2D eigenvalue weighted by molar-refractivity contribution is 5.97. The van der Waals surface area contributed by atoms with Crippen LogP contribution in [0.25, 0.3) is 17.1 Å². The van der Waals surface area contributed by atoms with Gasteiger partial charge < -0.3 is 14.5 Å². The molecule has 194 valence electrons. The van der Waals surface area contributed by atoms with E-state index in [0.29, 0.717) is 42.8 Å². The second kappa shape index (κ2) is 9.83. The van der Waals surface area contributed by atoms with Crippen LogP contribution in [0, 0.1) is 17.7 Å². The summed E-state index contributed by atoms with van der Waals surface area (Å²) in [6, 6.07) is 8.23. The highest BCUT2D eigenvalue weighted by atomic mass is 19.4. The molecule has 2 amide bonds. The minimum atomic E-state index is -4.99. The molecule has 5 rings (SSSR count). The summed E-state index contributed by atoms with van der Waals surface area (Å²) in [5.41, 5.74) is 2.13. The molecule has 37 heavy (non-hydrogen) atoms. The van der Waals surface area contributed by atoms with E-state index in [4.69, 9.17) is 0 Å². The number of aromatic nitrogens is 3. The van der Waals surface area contributed by atoms with Crippen LogP contribution in [-0.2, 0) is 4.79 Å². The molecule has 0 aliphatic carbocycles. The number of carbonyl (C=O) groups is 2. The average molecular weight is 517 g/mol. The number of benzene rings is 2. The summed E-state index contributed by atoms with van der Waals surface area (Å²) in [6.45, 7) is 2.27. The first-order chi connectivity index (χ1) is 17.7. The fourth-order valence-electron chi connectivity index (χ4n) is 4.99. The lowest BCUT2D eigenvalue weighted by Crippen LogP contribution is -2.33. The number of hydrogen-bond acceptors (Lipinski definition) is 5. The van der Waals surface area contributed by atoms with Gasteiger partial charge in [-0.25, -0.2) is 4.39 Å². The van der Waals surface area contributed by atoms with Gasteiger partial charge in [0.1, 0.15) is 11.0 Å². The second-order valence-electron chi connectivity index (χ2n) is 9.23. The minimum absolute atomic E-state index is 0.0484. The molecule has 2 aliphatic rings. The van der Waals surface area contributed by atoms with Gasteiger partial charge in [-0.2, -0.15) is 15.4 Å². The molecule has 1 N–H and O–H groups in total. The maximum absolute atomic E-state index is 13.9. The van der Waals surface area contributed by atoms with Crippen molar-refractivity contribution >= 4 is 28.9 Å². The van der Waals surface area contributed by atoms with Gasteiger partial charge in [-0.15, -0.1) is 13.2 Å². The predicted molar refractivity (Wildman–Crippen MR) is 125 cm³/mol. The van der Waals surface area contributed by atoms with Gasteiger partial charge in [-0.1, -0.05) is 6.07 Å². The van der Waals surface area contributed by atoms with Crippen molar-refractivity contribution < 1.29 is 31.9 Å². The van der Waals surface area contributed by atoms with Crippen molar-refractivity contribution in [1.82, 2.24) is 25.2 Å². The summed E-state index contributed by atoms with van der Waals surface area (Å²) in [6.07, 6.45) is -0.852. The Bertz CT molecular complexity index is 1340. The molecular formula is C25H23F4N5O3. The Morgan fingerprint density at radius 1 is 0.973 bits per heavy atom. The van der Waals surface area contributed by atoms with Crippen molar-refractivity contribution in [2.75, 3.05) is 26.2 Å². The molecule has 2 aliphatic heterocycles. The largest absolute Gasteiger partial charge is 0.573 e. The first kappa shape index (κ1) is 24.7. The number of aromatic amines is 1. The quantitative estimate of drug-likeness (QED) is 0.417. The van der Waals surface area contributed by atoms with Gasteiger partial charge in [0.2, 0.25) is 5.91 Å². The number of ether oxygens (including phenoxy) is 1. The monoisotopic (exact) mass is 517 g/mol. The number of carbonyl (C=O) groups excluding carboxylic acids is 2. The molecular weight excluding hydrogens is 494 g/mol. The van der Waals surface area contributed by atoms with Gasteiger partial charge in [0.05, 0.1) is 0 Å². The molecule has 3 aromatic rings. The van der Waals surface area contributed by atoms with E-state index < -0.39 is 17.9 Å². The van der Waals surface area contributed by atoms with Crippen LogP contribution in [0.5, 0.6) is 5.75 Å². The number of nitrogens with one attached hydrogen (secondary N) is 1. The van der Waals surface area contributed by atoms with Gasteiger partial charge >= 0.3 is 6.36 Å². The first-order valence-electron chi connectivity index (χ1n) is 11.8. The lowest BCUT2D eigenvalue weighted by molar-refractivity contribution is -0.275. The van der Waals surface area contributed by atoms with Crippen LogP contribution in [-0.4, -0.2) is 69.6 Å². The van der Waals surface area contributed by atoms with Crippen molar-refractivity contribution in [3.8, 4) is 5.75 Å². The van der Waals surface area contributed by atoms with E-state index in [1.54, 1.807) is 23.1 Å². The number of nitrogens with zero attached hydrogens (tertiary/aromatic N) is 4. The summed E-state index contributed by atoms with van der Waals surface area (Å²) in [7, 11) is 0. The maximum Gasteiger partial charge on any atom is 0.573 e. The van der Waals surface area contributed by atoms with Crippen molar-refractivity contribution in [2.45, 2.75) is 19.2 Å². The third-order valence-electron chi connectivity index (χ3n) is 6.88. The molecule has 3 heterocycles. The van der Waals surface area contributed by atoms with Crippen LogP contribution < -0.4 is 4.74 Å². The van der Waals surface area contributed by atoms with Crippen molar-refractivity contribution in [3.63, 3.8) is 0 Å². The van der Waals surface area contributed by atoms with Crippen molar-refractivity contribution in [1.29, 1.82) is 0 Å². The molecule has 0 spiro atoms. The average Bonchev–Trinajstić information content (AvgIpc) is 3.44. The van der Waals surface area contributed by atoms with E-state index in [-0.39, 0.29) is 29.2 Å². The lowest BCUT2D eigenvalue weighted by atomic mass is 9.92. The van der Waals surface area contributed by atoms with E-state index in [9.17, 15) is 27.2 Å². The van der Waals surface area contributed by atoms with Crippen LogP contribution in [0.15, 0.2) is 42.5 Å². The molecule has 2 fully saturated rings. The standard InChI is InChI=1S/C25H23F4N5O3/c26-19-11-15(1-5-22(19)37-25(27,28)29)2-6-23(35)33-9-7-17-13-34(14-18(17)8-10-33)24(36)16-3-4-20-21(12-16)31-32-30-20/h1-6,11-12,17-18H,7-10,13-14H2,(H,30,31,32)/b6-2+/t17-,18?/m1/s1. The number of likely N-dealkylation sites (tertiary alicyclic amines) is 2. The minimum Gasteiger partial charge on any atom is -0.403 e. The zero-order valence-electron chi connectivity index (χ0n) is 19.5. The highest BCUT2D eigenvalue weighted by Gasteiger charge is 2.37. The van der Waals surface area contributed by atoms with Crippen molar-refractivity contribution in [3.05, 3.63) is 59.4 Å². The molecule has 0 saturated carbocycles. The van der Waals surface area contributed by atoms with E-state index in [0.717, 1.165) is 25.0 Å². The highest BCUT2D eigenvalue weighted by Crippen LogP contribution is 2.33. The molecule has 0 bridgehead atoms. The van der Waals surface area contributed by atoms with E-state index in [2.05, 4.69) is 20.1 Å². The number of fused-ring (bicyclic) bond motifs is 2. The summed E-state index contributed by atoms with van der Waals surface area (Å²) >= 11 is 0. The van der Waals surface area contributed by atoms with Crippen LogP contribution in [0.2, 0.25) is 0 Å². The van der Waals surface area contributed by atoms with Crippen LogP contribution in [0.1, 0.15) is 28.8 Å². The van der Waals surface area contributed by atoms with Gasteiger partial charge in [0.15, 0.2) is 11.6 Å². The number of H-pyrrole nitrogens is 1. The second-order valence-corrected chi connectivity index (χ2v) is 9.23. The molecule has 2 aromatic carbocycles. The molecule has 1 aromatic heterocycles. The van der Waals surface area contributed by atoms with E-state index >= 15 is 0 Å². The zero-order chi connectivity index (χ0) is 26.2. The van der Waals surface area contributed by atoms with E-state index in [1.165, 1.54) is 18.2 Å². The van der Waals surface area contributed by atoms with E-state index in [1.807, 2.05) is 4.90 Å². The SMILES string of the molecule is O=C(/C=C/c1ccc(OC(F)(F)F)c(F)c1)N1CCC2CN(C(=O)c3ccc4n[nH]nc4c3)C[C@H]2CC1. The van der Waals surface area contributed by atoms with Gasteiger partial charge in [-0.3, -0.25) is 9.59 Å². The van der Waals surface area contributed by atoms with Gasteiger partial charge in [-0.05, 0) is 66.6 Å². The molecule has 2 saturated heterocycles. The summed E-state index contributed by atoms with van der Waals surface area (Å²) in [5.74, 6) is -1.86. The topological polar surface area (TPSA) is 91.4 Å². The fraction of sp³-hybridized carbons (Fsp3) is 0.360. The Kier molecular flexibility index (Phi) is 6.57. The van der Waals surface area contributed by atoms with Crippen LogP contribution >= 0.6 is 0 Å². The molecule has 12 heteroatoms. The fourth-order valence-corrected chi connectivity index (χ4v) is 4.99. The molecule has 2 atom stereocenters. The Labute approximate surface area is 208 Å². The normalized spacial score (nSPS) is 20.3. The van der Waals surface area contributed by atoms with Crippen LogP contribution in [0.4, 0.5) is 17.6 Å². The van der Waals surface area contributed by atoms with Crippen LogP contribution in [0.3, 0.4) is 0 Å². The number of amides is 2. The number of rotatable bonds is 4. The summed E-state index contributed by atoms with van der Waals surface area (Å²) < 4.78 is 54.4. The lowest BCUT2D eigenvalue weighted by Gasteiger charge is -2.21. The Hall–Kier alpha value is -3.96. The Morgan fingerprint density at radius 2 is 1.68 bits per heavy atom. The number of alkyl halides is 3. The van der Waals surface area contributed by atoms with Crippen molar-refractivity contribution in [2.24, 2.45) is 11.8 Å². The molecule has 8 nitrogen and oxygen atoms in total. The first-order valence-corrected chi connectivity index (χ1v) is 11.8. The Balaban J connectivity index is 1.16. The molecule has 0 radical (unpaired) electrons. The molecule has 1 unspecified atom stereocenters. The van der Waals surface area contributed by atoms with Gasteiger partial charge in [0, 0.05) is 37.8 Å². The zero-order valence-corrected chi connectivity index (χ0v) is 19.5. The number of hydrogen-bond donors (Lipinski definition) is 1. The smallest absolute Gasteiger partial charge is 0.403 e. The maximum atomic E-state index is 13.9. The summed E-state index contributed by atoms with van der Waals surface area (Å²) in [4.78, 5) is 29.3. The summed E-state index contributed by atoms with van der Waals surface area (Å²) in [5, 5.41) is 10.6.